The van der Waals surface area contributed by atoms with E-state index in [-0.39, 0.29) is 51.0 Å². The summed E-state index contributed by atoms with van der Waals surface area (Å²) in [5, 5.41) is 5.80. The number of hydrogen-bond acceptors (Lipinski definition) is 2. The van der Waals surface area contributed by atoms with Crippen LogP contribution in [0.5, 0.6) is 0 Å². The summed E-state index contributed by atoms with van der Waals surface area (Å²) >= 11 is 0. The van der Waals surface area contributed by atoms with E-state index in [0.717, 1.165) is 0 Å². The van der Waals surface area contributed by atoms with Gasteiger partial charge < -0.3 is 24.8 Å². The summed E-state index contributed by atoms with van der Waals surface area (Å²) in [4.78, 5) is 8.38. The Hall–Kier alpha value is -1.46. The van der Waals surface area contributed by atoms with Crippen molar-refractivity contribution >= 4 is 38.1 Å². The Labute approximate surface area is 242 Å². The van der Waals surface area contributed by atoms with Crippen molar-refractivity contribution in [2.24, 2.45) is 0 Å². The maximum atomic E-state index is 4.19. The maximum Gasteiger partial charge on any atom is 2.00 e. The second kappa shape index (κ2) is 12.7. The van der Waals surface area contributed by atoms with Gasteiger partial charge in [0, 0.05) is 46.5 Å². The molecule has 4 heterocycles. The molecular weight excluding hydrogens is 588 g/mol. The maximum absolute atomic E-state index is 4.19. The summed E-state index contributed by atoms with van der Waals surface area (Å²) in [6.45, 7) is 8.76. The Kier molecular flexibility index (Phi) is 10.8. The SMILES string of the molecule is CC1=PC2=C(C)C=C(c3cccnc3)C2=C1.CC1=PC2=C(C)C=C(c3cccnc3)C2=C1.[Cl-].[Cl-].[Zr+2]. The predicted octanol–water partition coefficient (Wildman–Crippen LogP) is 1.67. The molecule has 6 rings (SSSR count). The summed E-state index contributed by atoms with van der Waals surface area (Å²) in [6, 6.07) is 8.24. The summed E-state index contributed by atoms with van der Waals surface area (Å²) in [5.41, 5.74) is 10.7. The van der Waals surface area contributed by atoms with Crippen molar-refractivity contribution in [2.45, 2.75) is 27.7 Å². The molecule has 35 heavy (non-hydrogen) atoms. The van der Waals surface area contributed by atoms with Crippen LogP contribution in [-0.2, 0) is 26.2 Å². The van der Waals surface area contributed by atoms with Gasteiger partial charge in [-0.15, -0.1) is 0 Å². The molecule has 0 saturated carbocycles. The van der Waals surface area contributed by atoms with Gasteiger partial charge in [0.2, 0.25) is 0 Å². The fraction of sp³-hybridized carbons (Fsp3) is 0.143. The minimum atomic E-state index is 0. The summed E-state index contributed by atoms with van der Waals surface area (Å²) in [7, 11) is 2.73. The van der Waals surface area contributed by atoms with Crippen LogP contribution in [0.2, 0.25) is 0 Å². The van der Waals surface area contributed by atoms with Crippen LogP contribution in [0, 0.1) is 0 Å². The van der Waals surface area contributed by atoms with Crippen molar-refractivity contribution in [3.05, 3.63) is 117 Å². The molecule has 0 N–H and O–H groups in total. The van der Waals surface area contributed by atoms with Crippen molar-refractivity contribution in [2.75, 3.05) is 0 Å². The average molecular weight is 613 g/mol. The number of halogens is 2. The monoisotopic (exact) mass is 610 g/mol. The molecule has 0 saturated heterocycles. The van der Waals surface area contributed by atoms with E-state index < -0.39 is 0 Å². The normalized spacial score (nSPS) is 17.6. The first-order valence-electron chi connectivity index (χ1n) is 10.7. The van der Waals surface area contributed by atoms with Crippen LogP contribution in [0.3, 0.4) is 0 Å². The molecule has 7 heteroatoms. The van der Waals surface area contributed by atoms with Crippen LogP contribution >= 0.6 is 16.4 Å². The van der Waals surface area contributed by atoms with Crippen LogP contribution in [0.4, 0.5) is 0 Å². The number of nitrogens with zero attached hydrogens (tertiary/aromatic N) is 2. The van der Waals surface area contributed by atoms with Crippen molar-refractivity contribution in [3.63, 3.8) is 0 Å². The summed E-state index contributed by atoms with van der Waals surface area (Å²) < 4.78 is 0. The van der Waals surface area contributed by atoms with Crippen LogP contribution in [-0.4, -0.2) is 20.6 Å². The molecule has 2 aromatic rings. The van der Waals surface area contributed by atoms with Crippen LogP contribution < -0.4 is 24.8 Å². The Morgan fingerprint density at radius 2 is 0.971 bits per heavy atom. The zero-order valence-electron chi connectivity index (χ0n) is 20.0. The van der Waals surface area contributed by atoms with Gasteiger partial charge in [-0.2, -0.15) is 0 Å². The van der Waals surface area contributed by atoms with Crippen LogP contribution in [0.1, 0.15) is 38.8 Å². The van der Waals surface area contributed by atoms with E-state index in [1.54, 1.807) is 0 Å². The van der Waals surface area contributed by atoms with E-state index in [1.165, 1.54) is 82.2 Å². The van der Waals surface area contributed by atoms with E-state index in [0.29, 0.717) is 0 Å². The fourth-order valence-electron chi connectivity index (χ4n) is 4.35. The number of rotatable bonds is 2. The zero-order valence-corrected chi connectivity index (χ0v) is 25.7. The summed E-state index contributed by atoms with van der Waals surface area (Å²) in [5.74, 6) is 0. The van der Waals surface area contributed by atoms with Gasteiger partial charge in [-0.3, -0.25) is 9.97 Å². The first-order valence-corrected chi connectivity index (χ1v) is 12.5. The van der Waals surface area contributed by atoms with Gasteiger partial charge in [-0.25, -0.2) is 0 Å². The molecule has 2 aromatic heterocycles. The van der Waals surface area contributed by atoms with Crippen LogP contribution in [0.25, 0.3) is 11.1 Å². The van der Waals surface area contributed by atoms with E-state index in [2.05, 4.69) is 74.1 Å². The largest absolute Gasteiger partial charge is 2.00 e. The molecule has 0 amide bonds. The standard InChI is InChI=1S/2C14H12NP.2ClH.Zr/c2*1-9-6-12(11-4-3-5-15-8-11)13-7-10(2)16-14(9)13;;;/h2*3-8H,1-2H3;2*1H;/q;;;;+2/p-2. The molecular formula is C28H24Cl2N2P2Zr. The minimum Gasteiger partial charge on any atom is -1.00 e. The molecule has 2 aliphatic carbocycles. The predicted molar refractivity (Wildman–Crippen MR) is 141 cm³/mol. The third kappa shape index (κ3) is 6.10. The Balaban J connectivity index is 0.000000227. The van der Waals surface area contributed by atoms with E-state index >= 15 is 0 Å². The molecule has 174 valence electrons. The zero-order chi connectivity index (χ0) is 22.2. The molecule has 0 atom stereocenters. The topological polar surface area (TPSA) is 25.8 Å². The first-order chi connectivity index (χ1) is 15.5. The molecule has 0 bridgehead atoms. The molecule has 0 spiro atoms. The first kappa shape index (κ1) is 29.8. The number of hydrogen-bond donors (Lipinski definition) is 0. The summed E-state index contributed by atoms with van der Waals surface area (Å²) in [6.07, 6.45) is 16.7. The van der Waals surface area contributed by atoms with Gasteiger partial charge in [-0.1, -0.05) is 28.5 Å². The Morgan fingerprint density at radius 1 is 0.571 bits per heavy atom. The average Bonchev–Trinajstić information content (AvgIpc) is 3.53. The molecule has 0 fully saturated rings. The Morgan fingerprint density at radius 3 is 1.31 bits per heavy atom. The van der Waals surface area contributed by atoms with Gasteiger partial charge in [0.15, 0.2) is 0 Å². The number of allylic oxidation sites excluding steroid dienone is 12. The van der Waals surface area contributed by atoms with E-state index in [4.69, 9.17) is 0 Å². The van der Waals surface area contributed by atoms with Crippen LogP contribution in [0.15, 0.2) is 106 Å². The third-order valence-electron chi connectivity index (χ3n) is 5.79. The second-order valence-electron chi connectivity index (χ2n) is 8.29. The number of fused-ring (bicyclic) bond motifs is 2. The van der Waals surface area contributed by atoms with Crippen molar-refractivity contribution in [3.8, 4) is 0 Å². The van der Waals surface area contributed by atoms with Gasteiger partial charge in [0.05, 0.1) is 0 Å². The molecule has 0 radical (unpaired) electrons. The molecule has 0 aromatic carbocycles. The molecule has 2 aliphatic heterocycles. The van der Waals surface area contributed by atoms with Gasteiger partial charge in [0.25, 0.3) is 0 Å². The Bertz CT molecular complexity index is 1270. The smallest absolute Gasteiger partial charge is 1.00 e. The minimum absolute atomic E-state index is 0. The van der Waals surface area contributed by atoms with Gasteiger partial charge in [0.1, 0.15) is 0 Å². The fourth-order valence-corrected chi connectivity index (χ4v) is 6.54. The quantitative estimate of drug-likeness (QED) is 0.483. The third-order valence-corrected chi connectivity index (χ3v) is 8.39. The van der Waals surface area contributed by atoms with E-state index in [9.17, 15) is 0 Å². The number of pyridine rings is 2. The van der Waals surface area contributed by atoms with Crippen molar-refractivity contribution < 1.29 is 51.0 Å². The number of aromatic nitrogens is 2. The second-order valence-corrected chi connectivity index (χ2v) is 11.0. The molecule has 2 nitrogen and oxygen atoms in total. The molecule has 4 aliphatic rings. The van der Waals surface area contributed by atoms with E-state index in [1.807, 2.05) is 36.9 Å². The van der Waals surface area contributed by atoms with Gasteiger partial charge >= 0.3 is 26.2 Å². The molecule has 0 unspecified atom stereocenters. The van der Waals surface area contributed by atoms with Gasteiger partial charge in [-0.05, 0) is 108 Å². The van der Waals surface area contributed by atoms with Crippen molar-refractivity contribution in [1.29, 1.82) is 0 Å². The van der Waals surface area contributed by atoms with Crippen molar-refractivity contribution in [1.82, 2.24) is 9.97 Å².